The summed E-state index contributed by atoms with van der Waals surface area (Å²) < 4.78 is 7.22. The number of nitrogens with zero attached hydrogens (tertiary/aromatic N) is 2. The van der Waals surface area contributed by atoms with Gasteiger partial charge < -0.3 is 14.2 Å². The third kappa shape index (κ3) is 5.80. The van der Waals surface area contributed by atoms with Crippen LogP contribution < -0.4 is 9.80 Å². The van der Waals surface area contributed by atoms with E-state index in [9.17, 15) is 0 Å². The summed E-state index contributed by atoms with van der Waals surface area (Å²) in [5.41, 5.74) is 12.6. The van der Waals surface area contributed by atoms with Crippen LogP contribution in [-0.4, -0.2) is 0 Å². The van der Waals surface area contributed by atoms with Crippen LogP contribution in [0.1, 0.15) is 0 Å². The van der Waals surface area contributed by atoms with E-state index in [0.29, 0.717) is 0 Å². The lowest BCUT2D eigenvalue weighted by Gasteiger charge is -2.30. The number of benzene rings is 9. The molecule has 0 atom stereocenters. The van der Waals surface area contributed by atoms with Gasteiger partial charge in [0.05, 0.1) is 22.4 Å². The highest BCUT2D eigenvalue weighted by Gasteiger charge is 2.26. The maximum Gasteiger partial charge on any atom is 0.161 e. The molecule has 10 rings (SSSR count). The minimum absolute atomic E-state index is 0.818. The summed E-state index contributed by atoms with van der Waals surface area (Å²) in [4.78, 5) is 4.70. The minimum Gasteiger partial charge on any atom is -0.453 e. The van der Waals surface area contributed by atoms with Crippen molar-refractivity contribution in [3.63, 3.8) is 0 Å². The highest BCUT2D eigenvalue weighted by atomic mass is 16.3. The van der Waals surface area contributed by atoms with E-state index in [1.165, 1.54) is 11.1 Å². The van der Waals surface area contributed by atoms with Crippen LogP contribution in [0.2, 0.25) is 0 Å². The van der Waals surface area contributed by atoms with Gasteiger partial charge in [0.1, 0.15) is 5.58 Å². The van der Waals surface area contributed by atoms with Crippen molar-refractivity contribution in [3.8, 4) is 22.3 Å². The third-order valence-corrected chi connectivity index (χ3v) is 10.4. The molecule has 0 spiro atoms. The lowest BCUT2D eigenvalue weighted by molar-refractivity contribution is 0.673. The fraction of sp³-hybridized carbons (Fsp3) is 0. The number of hydrogen-bond acceptors (Lipinski definition) is 3. The first-order chi connectivity index (χ1) is 27.3. The van der Waals surface area contributed by atoms with E-state index in [2.05, 4.69) is 228 Å². The largest absolute Gasteiger partial charge is 0.453 e. The average molecular weight is 705 g/mol. The fourth-order valence-corrected chi connectivity index (χ4v) is 7.89. The molecule has 0 amide bonds. The lowest BCUT2D eigenvalue weighted by atomic mass is 10.00. The van der Waals surface area contributed by atoms with E-state index in [-0.39, 0.29) is 0 Å². The van der Waals surface area contributed by atoms with Gasteiger partial charge in [-0.05, 0) is 82.7 Å². The monoisotopic (exact) mass is 704 g/mol. The standard InChI is InChI=1S/C52H36N2O/c1-5-17-37(18-6-1)38-29-32-43(33-30-38)53(41-22-9-3-10-23-41)49-36-35-48(50-46-34-31-40-21-13-14-27-45(40)51(46)55-52(49)50)54(42-24-11-4-12-25-42)47-28-16-15-26-44(47)39-19-7-2-8-20-39/h1-36H. The van der Waals surface area contributed by atoms with Crippen molar-refractivity contribution < 1.29 is 4.42 Å². The molecule has 3 heteroatoms. The molecule has 0 aliphatic carbocycles. The molecule has 0 radical (unpaired) electrons. The van der Waals surface area contributed by atoms with Crippen LogP contribution >= 0.6 is 0 Å². The van der Waals surface area contributed by atoms with Crippen LogP contribution in [0.25, 0.3) is 55.0 Å². The van der Waals surface area contributed by atoms with Gasteiger partial charge in [-0.25, -0.2) is 0 Å². The van der Waals surface area contributed by atoms with Crippen molar-refractivity contribution in [1.29, 1.82) is 0 Å². The van der Waals surface area contributed by atoms with Gasteiger partial charge in [-0.3, -0.25) is 0 Å². The van der Waals surface area contributed by atoms with Crippen LogP contribution in [0.5, 0.6) is 0 Å². The van der Waals surface area contributed by atoms with Gasteiger partial charge in [0.25, 0.3) is 0 Å². The molecule has 0 unspecified atom stereocenters. The zero-order valence-electron chi connectivity index (χ0n) is 30.1. The molecule has 10 aromatic rings. The molecule has 55 heavy (non-hydrogen) atoms. The number of furan rings is 1. The number of hydrogen-bond donors (Lipinski definition) is 0. The van der Waals surface area contributed by atoms with Gasteiger partial charge in [-0.2, -0.15) is 0 Å². The Hall–Kier alpha value is -7.36. The summed E-state index contributed by atoms with van der Waals surface area (Å²) >= 11 is 0. The summed E-state index contributed by atoms with van der Waals surface area (Å²) in [5.74, 6) is 0. The summed E-state index contributed by atoms with van der Waals surface area (Å²) in [6.45, 7) is 0. The molecule has 0 saturated carbocycles. The summed E-state index contributed by atoms with van der Waals surface area (Å²) in [6, 6.07) is 77.3. The highest BCUT2D eigenvalue weighted by molar-refractivity contribution is 6.22. The molecule has 260 valence electrons. The lowest BCUT2D eigenvalue weighted by Crippen LogP contribution is -2.13. The second kappa shape index (κ2) is 13.9. The number of fused-ring (bicyclic) bond motifs is 5. The van der Waals surface area contributed by atoms with Gasteiger partial charge in [-0.1, -0.05) is 158 Å². The van der Waals surface area contributed by atoms with Gasteiger partial charge in [-0.15, -0.1) is 0 Å². The van der Waals surface area contributed by atoms with Crippen molar-refractivity contribution >= 4 is 66.8 Å². The Balaban J connectivity index is 1.27. The van der Waals surface area contributed by atoms with Gasteiger partial charge >= 0.3 is 0 Å². The first-order valence-corrected chi connectivity index (χ1v) is 18.7. The van der Waals surface area contributed by atoms with Crippen molar-refractivity contribution in [3.05, 3.63) is 218 Å². The topological polar surface area (TPSA) is 19.6 Å². The summed E-state index contributed by atoms with van der Waals surface area (Å²) in [5, 5.41) is 4.34. The van der Waals surface area contributed by atoms with Crippen LogP contribution in [0.4, 0.5) is 34.1 Å². The van der Waals surface area contributed by atoms with E-state index >= 15 is 0 Å². The van der Waals surface area contributed by atoms with E-state index in [1.54, 1.807) is 0 Å². The Kier molecular flexibility index (Phi) is 8.16. The molecule has 0 N–H and O–H groups in total. The predicted octanol–water partition coefficient (Wildman–Crippen LogP) is 15.0. The first kappa shape index (κ1) is 32.3. The van der Waals surface area contributed by atoms with Crippen LogP contribution in [-0.2, 0) is 0 Å². The molecule has 0 fully saturated rings. The number of para-hydroxylation sites is 3. The van der Waals surface area contributed by atoms with E-state index in [1.807, 2.05) is 0 Å². The van der Waals surface area contributed by atoms with Crippen molar-refractivity contribution in [2.24, 2.45) is 0 Å². The van der Waals surface area contributed by atoms with Crippen molar-refractivity contribution in [2.45, 2.75) is 0 Å². The maximum absolute atomic E-state index is 7.22. The third-order valence-electron chi connectivity index (χ3n) is 10.4. The second-order valence-corrected chi connectivity index (χ2v) is 13.7. The minimum atomic E-state index is 0.818. The molecule has 0 saturated heterocycles. The van der Waals surface area contributed by atoms with Gasteiger partial charge in [0, 0.05) is 33.4 Å². The summed E-state index contributed by atoms with van der Waals surface area (Å²) in [6.07, 6.45) is 0. The Morgan fingerprint density at radius 1 is 0.291 bits per heavy atom. The Bertz CT molecular complexity index is 2900. The zero-order valence-corrected chi connectivity index (χ0v) is 30.1. The molecule has 1 aromatic heterocycles. The van der Waals surface area contributed by atoms with Crippen molar-refractivity contribution in [1.82, 2.24) is 0 Å². The van der Waals surface area contributed by atoms with Crippen LogP contribution in [0, 0.1) is 0 Å². The molecule has 0 aliphatic heterocycles. The Morgan fingerprint density at radius 2 is 0.818 bits per heavy atom. The predicted molar refractivity (Wildman–Crippen MR) is 231 cm³/mol. The smallest absolute Gasteiger partial charge is 0.161 e. The van der Waals surface area contributed by atoms with E-state index in [0.717, 1.165) is 78.0 Å². The normalized spacial score (nSPS) is 11.3. The SMILES string of the molecule is c1ccc(-c2ccc(N(c3ccccc3)c3ccc(N(c4ccccc4)c4ccccc4-c4ccccc4)c4c3oc3c5ccccc5ccc34)cc2)cc1. The zero-order chi connectivity index (χ0) is 36.6. The number of anilines is 6. The molecule has 0 bridgehead atoms. The first-order valence-electron chi connectivity index (χ1n) is 18.7. The second-order valence-electron chi connectivity index (χ2n) is 13.7. The Morgan fingerprint density at radius 3 is 1.53 bits per heavy atom. The summed E-state index contributed by atoms with van der Waals surface area (Å²) in [7, 11) is 0. The van der Waals surface area contributed by atoms with E-state index in [4.69, 9.17) is 4.42 Å². The quantitative estimate of drug-likeness (QED) is 0.157. The molecule has 3 nitrogen and oxygen atoms in total. The number of rotatable bonds is 8. The van der Waals surface area contributed by atoms with Crippen LogP contribution in [0.3, 0.4) is 0 Å². The maximum atomic E-state index is 7.22. The van der Waals surface area contributed by atoms with Crippen LogP contribution in [0.15, 0.2) is 223 Å². The van der Waals surface area contributed by atoms with Crippen molar-refractivity contribution in [2.75, 3.05) is 9.80 Å². The van der Waals surface area contributed by atoms with Gasteiger partial charge in [0.2, 0.25) is 0 Å². The molecular formula is C52H36N2O. The highest BCUT2D eigenvalue weighted by Crippen LogP contribution is 2.51. The molecule has 0 aliphatic rings. The molecule has 9 aromatic carbocycles. The van der Waals surface area contributed by atoms with E-state index < -0.39 is 0 Å². The molecular weight excluding hydrogens is 669 g/mol. The average Bonchev–Trinajstić information content (AvgIpc) is 3.67. The Labute approximate surface area is 320 Å². The fourth-order valence-electron chi connectivity index (χ4n) is 7.89. The van der Waals surface area contributed by atoms with Gasteiger partial charge in [0.15, 0.2) is 5.58 Å². The molecule has 1 heterocycles.